The number of guanidine groups is 1. The van der Waals surface area contributed by atoms with Gasteiger partial charge < -0.3 is 20.1 Å². The third kappa shape index (κ3) is 10.0. The Hall–Kier alpha value is -0.810. The highest BCUT2D eigenvalue weighted by atomic mass is 16.5. The van der Waals surface area contributed by atoms with Crippen molar-refractivity contribution in [3.8, 4) is 0 Å². The first kappa shape index (κ1) is 19.2. The molecule has 1 aliphatic rings. The number of hydrogen-bond acceptors (Lipinski definition) is 3. The van der Waals surface area contributed by atoms with Crippen LogP contribution in [-0.2, 0) is 9.47 Å². The van der Waals surface area contributed by atoms with E-state index in [9.17, 15) is 0 Å². The topological polar surface area (TPSA) is 54.9 Å². The number of ether oxygens (including phenoxy) is 2. The molecule has 1 saturated carbocycles. The summed E-state index contributed by atoms with van der Waals surface area (Å²) in [6.07, 6.45) is 10.6. The highest BCUT2D eigenvalue weighted by molar-refractivity contribution is 5.79. The van der Waals surface area contributed by atoms with E-state index in [1.807, 2.05) is 0 Å². The van der Waals surface area contributed by atoms with Gasteiger partial charge in [0.15, 0.2) is 5.96 Å². The van der Waals surface area contributed by atoms with Crippen LogP contribution in [0.2, 0.25) is 0 Å². The molecular weight excluding hydrogens is 278 g/mol. The zero-order valence-corrected chi connectivity index (χ0v) is 14.5. The molecule has 0 heterocycles. The van der Waals surface area contributed by atoms with Crippen LogP contribution in [0.15, 0.2) is 4.99 Å². The lowest BCUT2D eigenvalue weighted by molar-refractivity contribution is 0.0264. The minimum absolute atomic E-state index is 0.539. The Morgan fingerprint density at radius 3 is 2.59 bits per heavy atom. The second-order valence-corrected chi connectivity index (χ2v) is 5.87. The molecule has 0 spiro atoms. The van der Waals surface area contributed by atoms with E-state index in [1.165, 1.54) is 38.5 Å². The summed E-state index contributed by atoms with van der Waals surface area (Å²) in [4.78, 5) is 4.57. The maximum absolute atomic E-state index is 5.94. The average Bonchev–Trinajstić information content (AvgIpc) is 2.55. The molecule has 1 rings (SSSR count). The largest absolute Gasteiger partial charge is 0.383 e. The van der Waals surface area contributed by atoms with Gasteiger partial charge in [-0.15, -0.1) is 0 Å². The first-order valence-electron chi connectivity index (χ1n) is 8.99. The summed E-state index contributed by atoms with van der Waals surface area (Å²) < 4.78 is 11.0. The van der Waals surface area contributed by atoms with Crippen molar-refractivity contribution in [3.05, 3.63) is 0 Å². The summed E-state index contributed by atoms with van der Waals surface area (Å²) in [6, 6.07) is 0. The number of aliphatic imine (C=N–C) groups is 1. The summed E-state index contributed by atoms with van der Waals surface area (Å²) in [6.45, 7) is 6.23. The van der Waals surface area contributed by atoms with Crippen molar-refractivity contribution in [2.24, 2.45) is 4.99 Å². The van der Waals surface area contributed by atoms with Crippen molar-refractivity contribution in [1.29, 1.82) is 0 Å². The molecule has 1 fully saturated rings. The number of nitrogens with zero attached hydrogens (tertiary/aromatic N) is 1. The normalized spacial score (nSPS) is 16.7. The first-order valence-corrected chi connectivity index (χ1v) is 8.99. The van der Waals surface area contributed by atoms with Crippen molar-refractivity contribution in [3.63, 3.8) is 0 Å². The van der Waals surface area contributed by atoms with Crippen molar-refractivity contribution in [2.75, 3.05) is 40.0 Å². The lowest BCUT2D eigenvalue weighted by Crippen LogP contribution is -2.39. The fraction of sp³-hybridized carbons (Fsp3) is 0.941. The van der Waals surface area contributed by atoms with E-state index in [4.69, 9.17) is 9.47 Å². The van der Waals surface area contributed by atoms with Crippen LogP contribution >= 0.6 is 0 Å². The van der Waals surface area contributed by atoms with Gasteiger partial charge in [0.25, 0.3) is 0 Å². The summed E-state index contributed by atoms with van der Waals surface area (Å²) in [7, 11) is 1.71. The molecule has 2 N–H and O–H groups in total. The molecule has 130 valence electrons. The second kappa shape index (κ2) is 13.8. The van der Waals surface area contributed by atoms with E-state index >= 15 is 0 Å². The van der Waals surface area contributed by atoms with Gasteiger partial charge in [0.05, 0.1) is 12.7 Å². The van der Waals surface area contributed by atoms with E-state index in [0.717, 1.165) is 45.0 Å². The number of methoxy groups -OCH3 is 1. The van der Waals surface area contributed by atoms with Gasteiger partial charge >= 0.3 is 0 Å². The molecule has 0 radical (unpaired) electrons. The van der Waals surface area contributed by atoms with Crippen molar-refractivity contribution >= 4 is 5.96 Å². The second-order valence-electron chi connectivity index (χ2n) is 5.87. The van der Waals surface area contributed by atoms with Crippen LogP contribution < -0.4 is 10.6 Å². The van der Waals surface area contributed by atoms with Gasteiger partial charge in [-0.1, -0.05) is 19.3 Å². The Morgan fingerprint density at radius 1 is 1.05 bits per heavy atom. The summed E-state index contributed by atoms with van der Waals surface area (Å²) in [5.74, 6) is 0.887. The van der Waals surface area contributed by atoms with Gasteiger partial charge in [-0.3, -0.25) is 4.99 Å². The molecular formula is C17H35N3O2. The molecule has 0 aliphatic heterocycles. The number of unbranched alkanes of at least 4 members (excludes halogenated alkanes) is 2. The zero-order valence-electron chi connectivity index (χ0n) is 14.5. The van der Waals surface area contributed by atoms with Gasteiger partial charge in [0, 0.05) is 33.4 Å². The Labute approximate surface area is 136 Å². The standard InChI is InChI=1S/C17H35N3O2/c1-3-18-17(20-13-15-21-2)19-12-8-5-9-14-22-16-10-6-4-7-11-16/h16H,3-15H2,1-2H3,(H2,18,19,20). The highest BCUT2D eigenvalue weighted by Crippen LogP contribution is 2.20. The molecule has 0 atom stereocenters. The summed E-state index contributed by atoms with van der Waals surface area (Å²) >= 11 is 0. The zero-order chi connectivity index (χ0) is 15.9. The molecule has 5 heteroatoms. The number of hydrogen-bond donors (Lipinski definition) is 2. The minimum Gasteiger partial charge on any atom is -0.383 e. The number of nitrogens with one attached hydrogen (secondary N) is 2. The first-order chi connectivity index (χ1) is 10.9. The van der Waals surface area contributed by atoms with Crippen molar-refractivity contribution in [1.82, 2.24) is 10.6 Å². The average molecular weight is 313 g/mol. The monoisotopic (exact) mass is 313 g/mol. The van der Waals surface area contributed by atoms with E-state index in [0.29, 0.717) is 12.7 Å². The van der Waals surface area contributed by atoms with Crippen LogP contribution in [0.25, 0.3) is 0 Å². The van der Waals surface area contributed by atoms with Crippen LogP contribution in [-0.4, -0.2) is 52.0 Å². The quantitative estimate of drug-likeness (QED) is 0.350. The maximum Gasteiger partial charge on any atom is 0.191 e. The lowest BCUT2D eigenvalue weighted by Gasteiger charge is -2.21. The van der Waals surface area contributed by atoms with Gasteiger partial charge in [-0.25, -0.2) is 0 Å². The Morgan fingerprint density at radius 2 is 1.86 bits per heavy atom. The highest BCUT2D eigenvalue weighted by Gasteiger charge is 2.12. The van der Waals surface area contributed by atoms with Crippen LogP contribution in [0.1, 0.15) is 58.3 Å². The molecule has 5 nitrogen and oxygen atoms in total. The predicted octanol–water partition coefficient (Wildman–Crippen LogP) is 2.71. The summed E-state index contributed by atoms with van der Waals surface area (Å²) in [5, 5.41) is 6.50. The fourth-order valence-electron chi connectivity index (χ4n) is 2.68. The van der Waals surface area contributed by atoms with Gasteiger partial charge in [0.1, 0.15) is 0 Å². The van der Waals surface area contributed by atoms with Crippen molar-refractivity contribution < 1.29 is 9.47 Å². The summed E-state index contributed by atoms with van der Waals surface area (Å²) in [5.41, 5.74) is 0. The Kier molecular flexibility index (Phi) is 12.1. The van der Waals surface area contributed by atoms with E-state index < -0.39 is 0 Å². The van der Waals surface area contributed by atoms with E-state index in [-0.39, 0.29) is 0 Å². The third-order valence-electron chi connectivity index (χ3n) is 3.92. The Balaban J connectivity index is 1.99. The molecule has 0 amide bonds. The van der Waals surface area contributed by atoms with Crippen LogP contribution in [0.4, 0.5) is 0 Å². The SMILES string of the molecule is CCNC(=NCCCCCOC1CCCCC1)NCCOC. The van der Waals surface area contributed by atoms with Crippen LogP contribution in [0.3, 0.4) is 0 Å². The third-order valence-corrected chi connectivity index (χ3v) is 3.92. The fourth-order valence-corrected chi connectivity index (χ4v) is 2.68. The van der Waals surface area contributed by atoms with Gasteiger partial charge in [0.2, 0.25) is 0 Å². The molecule has 22 heavy (non-hydrogen) atoms. The lowest BCUT2D eigenvalue weighted by atomic mass is 9.98. The van der Waals surface area contributed by atoms with Crippen molar-refractivity contribution in [2.45, 2.75) is 64.4 Å². The molecule has 0 bridgehead atoms. The molecule has 0 aromatic heterocycles. The molecule has 0 unspecified atom stereocenters. The van der Waals surface area contributed by atoms with E-state index in [2.05, 4.69) is 22.5 Å². The Bertz CT molecular complexity index is 279. The van der Waals surface area contributed by atoms with Gasteiger partial charge in [-0.05, 0) is 39.0 Å². The van der Waals surface area contributed by atoms with E-state index in [1.54, 1.807) is 7.11 Å². The molecule has 1 aliphatic carbocycles. The van der Waals surface area contributed by atoms with Crippen LogP contribution in [0, 0.1) is 0 Å². The van der Waals surface area contributed by atoms with Gasteiger partial charge in [-0.2, -0.15) is 0 Å². The maximum atomic E-state index is 5.94. The molecule has 0 aromatic carbocycles. The molecule has 0 aromatic rings. The predicted molar refractivity (Wildman–Crippen MR) is 92.5 cm³/mol. The number of rotatable bonds is 11. The minimum atomic E-state index is 0.539. The molecule has 0 saturated heterocycles. The smallest absolute Gasteiger partial charge is 0.191 e. The van der Waals surface area contributed by atoms with Crippen LogP contribution in [0.5, 0.6) is 0 Å².